The molecule has 1 aliphatic carbocycles. The van der Waals surface area contributed by atoms with Gasteiger partial charge in [-0.05, 0) is 30.9 Å². The van der Waals surface area contributed by atoms with Crippen LogP contribution < -0.4 is 5.73 Å². The van der Waals surface area contributed by atoms with Crippen LogP contribution in [0.5, 0.6) is 0 Å². The van der Waals surface area contributed by atoms with Crippen LogP contribution in [0.4, 0.5) is 4.39 Å². The summed E-state index contributed by atoms with van der Waals surface area (Å²) in [7, 11) is 0. The van der Waals surface area contributed by atoms with Gasteiger partial charge in [0.1, 0.15) is 0 Å². The van der Waals surface area contributed by atoms with Crippen molar-refractivity contribution >= 4 is 22.9 Å². The molecular weight excluding hydrogens is 209 g/mol. The molecule has 0 bridgehead atoms. The molecule has 1 atom stereocenters. The third-order valence-electron chi connectivity index (χ3n) is 2.50. The maximum Gasteiger partial charge on any atom is 0.160 e. The summed E-state index contributed by atoms with van der Waals surface area (Å²) in [5.41, 5.74) is 4.16. The van der Waals surface area contributed by atoms with E-state index in [1.54, 1.807) is 12.1 Å². The molecule has 0 amide bonds. The zero-order chi connectivity index (χ0) is 9.47. The minimum atomic E-state index is -1.32. The van der Waals surface area contributed by atoms with Crippen LogP contribution in [0.15, 0.2) is 12.1 Å². The summed E-state index contributed by atoms with van der Waals surface area (Å²) in [6, 6.07) is 3.48. The number of hydrogen-bond donors (Lipinski definition) is 1. The first kappa shape index (κ1) is 9.44. The molecule has 13 heavy (non-hydrogen) atoms. The van der Waals surface area contributed by atoms with E-state index in [0.29, 0.717) is 9.21 Å². The molecule has 2 N–H and O–H groups in total. The minimum Gasteiger partial charge on any atom is -0.327 e. The van der Waals surface area contributed by atoms with Crippen molar-refractivity contribution < 1.29 is 4.39 Å². The smallest absolute Gasteiger partial charge is 0.160 e. The Morgan fingerprint density at radius 3 is 2.69 bits per heavy atom. The quantitative estimate of drug-likeness (QED) is 0.831. The molecule has 72 valence electrons. The van der Waals surface area contributed by atoms with E-state index in [0.717, 1.165) is 12.8 Å². The standard InChI is InChI=1S/C9H11ClFNS/c10-8-4-3-7(13-8)9(11,5-12)6-1-2-6/h3-4,6H,1-2,5,12H2. The van der Waals surface area contributed by atoms with E-state index in [1.807, 2.05) is 0 Å². The van der Waals surface area contributed by atoms with Crippen LogP contribution in [-0.4, -0.2) is 6.54 Å². The third kappa shape index (κ3) is 1.60. The van der Waals surface area contributed by atoms with Gasteiger partial charge in [0, 0.05) is 11.4 Å². The second-order valence-corrected chi connectivity index (χ2v) is 5.16. The van der Waals surface area contributed by atoms with Crippen molar-refractivity contribution in [3.63, 3.8) is 0 Å². The zero-order valence-electron chi connectivity index (χ0n) is 7.09. The average molecular weight is 220 g/mol. The summed E-state index contributed by atoms with van der Waals surface area (Å²) in [5.74, 6) is 0.118. The monoisotopic (exact) mass is 219 g/mol. The van der Waals surface area contributed by atoms with Crippen LogP contribution in [0.3, 0.4) is 0 Å². The lowest BCUT2D eigenvalue weighted by atomic mass is 9.98. The van der Waals surface area contributed by atoms with Crippen molar-refractivity contribution in [1.29, 1.82) is 0 Å². The van der Waals surface area contributed by atoms with Crippen molar-refractivity contribution in [3.05, 3.63) is 21.3 Å². The van der Waals surface area contributed by atoms with Gasteiger partial charge in [-0.25, -0.2) is 4.39 Å². The number of nitrogens with two attached hydrogens (primary N) is 1. The van der Waals surface area contributed by atoms with Crippen molar-refractivity contribution in [2.75, 3.05) is 6.54 Å². The number of alkyl halides is 1. The van der Waals surface area contributed by atoms with Crippen molar-refractivity contribution in [1.82, 2.24) is 0 Å². The topological polar surface area (TPSA) is 26.0 Å². The Morgan fingerprint density at radius 2 is 2.31 bits per heavy atom. The molecule has 1 fully saturated rings. The molecule has 0 aliphatic heterocycles. The van der Waals surface area contributed by atoms with Crippen molar-refractivity contribution in [2.24, 2.45) is 11.7 Å². The molecule has 1 aliphatic rings. The van der Waals surface area contributed by atoms with E-state index in [4.69, 9.17) is 17.3 Å². The van der Waals surface area contributed by atoms with Crippen LogP contribution in [0.1, 0.15) is 17.7 Å². The summed E-state index contributed by atoms with van der Waals surface area (Å²) in [5, 5.41) is 0. The Bertz CT molecular complexity index is 310. The van der Waals surface area contributed by atoms with Gasteiger partial charge in [0.2, 0.25) is 0 Å². The molecule has 0 aromatic carbocycles. The second-order valence-electron chi connectivity index (χ2n) is 3.44. The number of hydrogen-bond acceptors (Lipinski definition) is 2. The SMILES string of the molecule is NCC(F)(c1ccc(Cl)s1)C1CC1. The maximum atomic E-state index is 14.3. The summed E-state index contributed by atoms with van der Waals surface area (Å²) in [6.45, 7) is 0.0640. The molecule has 1 unspecified atom stereocenters. The first-order valence-corrected chi connectivity index (χ1v) is 5.51. The van der Waals surface area contributed by atoms with E-state index in [2.05, 4.69) is 0 Å². The van der Waals surface area contributed by atoms with E-state index < -0.39 is 5.67 Å². The number of halogens is 2. The van der Waals surface area contributed by atoms with Crippen LogP contribution in [0.25, 0.3) is 0 Å². The Kier molecular flexibility index (Phi) is 2.34. The van der Waals surface area contributed by atoms with Crippen molar-refractivity contribution in [2.45, 2.75) is 18.5 Å². The van der Waals surface area contributed by atoms with Gasteiger partial charge < -0.3 is 5.73 Å². The van der Waals surface area contributed by atoms with Gasteiger partial charge in [0.25, 0.3) is 0 Å². The Balaban J connectivity index is 2.29. The highest BCUT2D eigenvalue weighted by Crippen LogP contribution is 2.50. The van der Waals surface area contributed by atoms with E-state index >= 15 is 0 Å². The first-order valence-electron chi connectivity index (χ1n) is 4.31. The van der Waals surface area contributed by atoms with E-state index in [-0.39, 0.29) is 12.5 Å². The lowest BCUT2D eigenvalue weighted by Crippen LogP contribution is -2.31. The number of thiophene rings is 1. The van der Waals surface area contributed by atoms with Gasteiger partial charge in [-0.1, -0.05) is 11.6 Å². The molecule has 1 aromatic heterocycles. The summed E-state index contributed by atoms with van der Waals surface area (Å²) >= 11 is 7.06. The molecule has 0 radical (unpaired) electrons. The maximum absolute atomic E-state index is 14.3. The van der Waals surface area contributed by atoms with Crippen LogP contribution in [-0.2, 0) is 5.67 Å². The predicted octanol–water partition coefficient (Wildman–Crippen LogP) is 2.94. The summed E-state index contributed by atoms with van der Waals surface area (Å²) < 4.78 is 14.9. The molecular formula is C9H11ClFNS. The van der Waals surface area contributed by atoms with Gasteiger partial charge >= 0.3 is 0 Å². The van der Waals surface area contributed by atoms with Gasteiger partial charge in [-0.3, -0.25) is 0 Å². The van der Waals surface area contributed by atoms with Crippen LogP contribution in [0.2, 0.25) is 4.34 Å². The molecule has 1 aromatic rings. The molecule has 4 heteroatoms. The molecule has 0 saturated heterocycles. The predicted molar refractivity (Wildman–Crippen MR) is 53.9 cm³/mol. The lowest BCUT2D eigenvalue weighted by molar-refractivity contribution is 0.148. The molecule has 2 rings (SSSR count). The average Bonchev–Trinajstić information content (AvgIpc) is 2.89. The molecule has 1 saturated carbocycles. The Labute approximate surface area is 85.7 Å². The second kappa shape index (κ2) is 3.23. The fourth-order valence-electron chi connectivity index (χ4n) is 1.55. The largest absolute Gasteiger partial charge is 0.327 e. The van der Waals surface area contributed by atoms with Gasteiger partial charge in [-0.15, -0.1) is 11.3 Å². The highest BCUT2D eigenvalue weighted by molar-refractivity contribution is 7.16. The highest BCUT2D eigenvalue weighted by atomic mass is 35.5. The number of rotatable bonds is 3. The lowest BCUT2D eigenvalue weighted by Gasteiger charge is -2.21. The Hall–Kier alpha value is -0.120. The van der Waals surface area contributed by atoms with Crippen LogP contribution >= 0.6 is 22.9 Å². The van der Waals surface area contributed by atoms with Gasteiger partial charge in [-0.2, -0.15) is 0 Å². The minimum absolute atomic E-state index is 0.0640. The van der Waals surface area contributed by atoms with Crippen molar-refractivity contribution in [3.8, 4) is 0 Å². The fraction of sp³-hybridized carbons (Fsp3) is 0.556. The summed E-state index contributed by atoms with van der Waals surface area (Å²) in [4.78, 5) is 0.683. The zero-order valence-corrected chi connectivity index (χ0v) is 8.67. The van der Waals surface area contributed by atoms with Crippen LogP contribution in [0, 0.1) is 5.92 Å². The third-order valence-corrected chi connectivity index (χ3v) is 3.89. The first-order chi connectivity index (χ1) is 6.16. The highest BCUT2D eigenvalue weighted by Gasteiger charge is 2.47. The molecule has 1 heterocycles. The van der Waals surface area contributed by atoms with Gasteiger partial charge in [0.05, 0.1) is 4.34 Å². The molecule has 1 nitrogen and oxygen atoms in total. The van der Waals surface area contributed by atoms with E-state index in [1.165, 1.54) is 11.3 Å². The Morgan fingerprint density at radius 1 is 1.62 bits per heavy atom. The van der Waals surface area contributed by atoms with Gasteiger partial charge in [0.15, 0.2) is 5.67 Å². The fourth-order valence-corrected chi connectivity index (χ4v) is 2.76. The van der Waals surface area contributed by atoms with E-state index in [9.17, 15) is 4.39 Å². The molecule has 0 spiro atoms. The normalized spacial score (nSPS) is 21.5. The summed E-state index contributed by atoms with van der Waals surface area (Å²) in [6.07, 6.45) is 1.90.